The Labute approximate surface area is 197 Å². The molecule has 8 aliphatic rings. The van der Waals surface area contributed by atoms with Crippen molar-refractivity contribution in [2.75, 3.05) is 0 Å². The number of H-pyrrole nitrogens is 1. The molecule has 0 saturated heterocycles. The summed E-state index contributed by atoms with van der Waals surface area (Å²) in [6, 6.07) is 15.2. The summed E-state index contributed by atoms with van der Waals surface area (Å²) >= 11 is 0. The fourth-order valence-electron chi connectivity index (χ4n) is 11.5. The first kappa shape index (κ1) is 18.6. The van der Waals surface area contributed by atoms with E-state index in [4.69, 9.17) is 0 Å². The Hall–Kier alpha value is -1.76. The molecule has 1 heterocycles. The van der Waals surface area contributed by atoms with E-state index in [9.17, 15) is 0 Å². The van der Waals surface area contributed by atoms with Gasteiger partial charge in [0, 0.05) is 21.8 Å². The number of rotatable bonds is 2. The molecule has 8 fully saturated rings. The lowest BCUT2D eigenvalue weighted by atomic mass is 9.48. The van der Waals surface area contributed by atoms with Crippen molar-refractivity contribution in [2.24, 2.45) is 35.5 Å². The molecule has 8 aliphatic carbocycles. The first-order chi connectivity index (χ1) is 16.1. The maximum absolute atomic E-state index is 3.85. The molecular weight excluding hydrogens is 398 g/mol. The van der Waals surface area contributed by atoms with Gasteiger partial charge in [0.15, 0.2) is 0 Å². The monoisotopic (exact) mass is 435 g/mol. The molecule has 0 spiro atoms. The lowest BCUT2D eigenvalue weighted by Crippen LogP contribution is -2.48. The van der Waals surface area contributed by atoms with Crippen molar-refractivity contribution >= 4 is 21.8 Å². The average molecular weight is 436 g/mol. The predicted octanol–water partition coefficient (Wildman–Crippen LogP) is 8.26. The average Bonchev–Trinajstić information content (AvgIpc) is 3.14. The molecule has 2 aromatic carbocycles. The number of nitrogens with one attached hydrogen (secondary N) is 1. The molecule has 0 atom stereocenters. The second-order valence-corrected chi connectivity index (χ2v) is 14.0. The lowest BCUT2D eigenvalue weighted by Gasteiger charge is -2.57. The molecule has 11 rings (SSSR count). The standard InChI is InChI=1S/C32H37N/c1-3-27-28-11-25(31-13-19-5-20(14-31)7-21(6-19)15-31)2-4-29(28)33-30(27)12-26(1)32-16-22-8-23(17-32)10-24(9-22)18-32/h1-4,11-12,19-24,33H,5-10,13-18H2. The summed E-state index contributed by atoms with van der Waals surface area (Å²) in [7, 11) is 0. The van der Waals surface area contributed by atoms with Gasteiger partial charge in [0.25, 0.3) is 0 Å². The minimum absolute atomic E-state index is 0.491. The van der Waals surface area contributed by atoms with E-state index in [0.717, 1.165) is 35.5 Å². The summed E-state index contributed by atoms with van der Waals surface area (Å²) in [6.07, 6.45) is 17.9. The molecule has 0 radical (unpaired) electrons. The molecule has 33 heavy (non-hydrogen) atoms. The highest BCUT2D eigenvalue weighted by atomic mass is 14.7. The Kier molecular flexibility index (Phi) is 3.42. The van der Waals surface area contributed by atoms with Crippen LogP contribution in [0, 0.1) is 35.5 Å². The molecule has 8 saturated carbocycles. The summed E-state index contributed by atoms with van der Waals surface area (Å²) < 4.78 is 0. The van der Waals surface area contributed by atoms with E-state index in [1.165, 1.54) is 98.9 Å². The van der Waals surface area contributed by atoms with Gasteiger partial charge in [0.2, 0.25) is 0 Å². The largest absolute Gasteiger partial charge is 0.355 e. The molecule has 170 valence electrons. The fourth-order valence-corrected chi connectivity index (χ4v) is 11.5. The maximum atomic E-state index is 3.85. The van der Waals surface area contributed by atoms with E-state index < -0.39 is 0 Å². The minimum Gasteiger partial charge on any atom is -0.355 e. The van der Waals surface area contributed by atoms with Crippen LogP contribution < -0.4 is 0 Å². The third-order valence-corrected chi connectivity index (χ3v) is 11.9. The van der Waals surface area contributed by atoms with Gasteiger partial charge in [0.05, 0.1) is 0 Å². The van der Waals surface area contributed by atoms with Crippen LogP contribution in [-0.4, -0.2) is 4.98 Å². The molecule has 3 aromatic rings. The number of aromatic amines is 1. The van der Waals surface area contributed by atoms with Crippen LogP contribution in [0.3, 0.4) is 0 Å². The second kappa shape index (κ2) is 6.07. The molecule has 0 amide bonds. The number of hydrogen-bond donors (Lipinski definition) is 1. The van der Waals surface area contributed by atoms with Gasteiger partial charge in [-0.2, -0.15) is 0 Å². The van der Waals surface area contributed by atoms with Crippen molar-refractivity contribution in [2.45, 2.75) is 87.9 Å². The Morgan fingerprint density at radius 1 is 0.485 bits per heavy atom. The van der Waals surface area contributed by atoms with Crippen LogP contribution in [0.1, 0.15) is 88.2 Å². The third kappa shape index (κ3) is 2.50. The molecule has 0 unspecified atom stereocenters. The van der Waals surface area contributed by atoms with Crippen LogP contribution >= 0.6 is 0 Å². The van der Waals surface area contributed by atoms with Crippen LogP contribution in [-0.2, 0) is 10.8 Å². The minimum atomic E-state index is 0.491. The van der Waals surface area contributed by atoms with E-state index >= 15 is 0 Å². The van der Waals surface area contributed by atoms with Gasteiger partial charge in [-0.15, -0.1) is 0 Å². The first-order valence-corrected chi connectivity index (χ1v) is 14.2. The van der Waals surface area contributed by atoms with Gasteiger partial charge in [-0.3, -0.25) is 0 Å². The van der Waals surface area contributed by atoms with Crippen LogP contribution in [0.2, 0.25) is 0 Å². The zero-order valence-corrected chi connectivity index (χ0v) is 19.9. The first-order valence-electron chi connectivity index (χ1n) is 14.2. The highest BCUT2D eigenvalue weighted by Gasteiger charge is 2.52. The van der Waals surface area contributed by atoms with E-state index in [1.54, 1.807) is 11.1 Å². The van der Waals surface area contributed by atoms with Crippen molar-refractivity contribution in [1.29, 1.82) is 0 Å². The number of aromatic nitrogens is 1. The van der Waals surface area contributed by atoms with E-state index in [1.807, 2.05) is 0 Å². The fraction of sp³-hybridized carbons (Fsp3) is 0.625. The SMILES string of the molecule is c1cc2c(cc1C13CC4CC(CC(C4)C1)C3)[nH]c1ccc(C34CC5CC(CC(C5)C3)C4)cc12. The van der Waals surface area contributed by atoms with Gasteiger partial charge in [-0.25, -0.2) is 0 Å². The van der Waals surface area contributed by atoms with Crippen molar-refractivity contribution in [3.8, 4) is 0 Å². The van der Waals surface area contributed by atoms with Gasteiger partial charge in [-0.1, -0.05) is 18.2 Å². The smallest absolute Gasteiger partial charge is 0.0467 e. The Morgan fingerprint density at radius 3 is 1.45 bits per heavy atom. The summed E-state index contributed by atoms with van der Waals surface area (Å²) in [5, 5.41) is 2.94. The van der Waals surface area contributed by atoms with E-state index in [2.05, 4.69) is 41.4 Å². The molecule has 1 N–H and O–H groups in total. The zero-order valence-electron chi connectivity index (χ0n) is 19.9. The number of hydrogen-bond acceptors (Lipinski definition) is 0. The van der Waals surface area contributed by atoms with Crippen molar-refractivity contribution < 1.29 is 0 Å². The topological polar surface area (TPSA) is 15.8 Å². The molecule has 1 nitrogen and oxygen atoms in total. The Bertz CT molecular complexity index is 1220. The van der Waals surface area contributed by atoms with Crippen LogP contribution in [0.5, 0.6) is 0 Å². The van der Waals surface area contributed by atoms with Gasteiger partial charge < -0.3 is 4.98 Å². The third-order valence-electron chi connectivity index (χ3n) is 11.9. The van der Waals surface area contributed by atoms with Crippen molar-refractivity contribution in [1.82, 2.24) is 4.98 Å². The normalized spacial score (nSPS) is 45.0. The van der Waals surface area contributed by atoms with Crippen LogP contribution in [0.15, 0.2) is 36.4 Å². The number of fused-ring (bicyclic) bond motifs is 3. The molecule has 0 aliphatic heterocycles. The van der Waals surface area contributed by atoms with E-state index in [0.29, 0.717) is 10.8 Å². The quantitative estimate of drug-likeness (QED) is 0.417. The van der Waals surface area contributed by atoms with Gasteiger partial charge in [-0.05, 0) is 153 Å². The molecule has 1 aromatic heterocycles. The maximum Gasteiger partial charge on any atom is 0.0467 e. The summed E-state index contributed by atoms with van der Waals surface area (Å²) in [6.45, 7) is 0. The predicted molar refractivity (Wildman–Crippen MR) is 136 cm³/mol. The van der Waals surface area contributed by atoms with E-state index in [-0.39, 0.29) is 0 Å². The second-order valence-electron chi connectivity index (χ2n) is 14.0. The summed E-state index contributed by atoms with van der Waals surface area (Å²) in [4.78, 5) is 3.85. The summed E-state index contributed by atoms with van der Waals surface area (Å²) in [5.41, 5.74) is 7.04. The van der Waals surface area contributed by atoms with Gasteiger partial charge in [0.1, 0.15) is 0 Å². The molecule has 1 heteroatoms. The van der Waals surface area contributed by atoms with Crippen molar-refractivity contribution in [3.05, 3.63) is 47.5 Å². The Morgan fingerprint density at radius 2 is 0.939 bits per heavy atom. The zero-order chi connectivity index (χ0) is 21.4. The van der Waals surface area contributed by atoms with Crippen LogP contribution in [0.4, 0.5) is 0 Å². The number of benzene rings is 2. The summed E-state index contributed by atoms with van der Waals surface area (Å²) in [5.74, 6) is 6.07. The van der Waals surface area contributed by atoms with Crippen molar-refractivity contribution in [3.63, 3.8) is 0 Å². The Balaban J connectivity index is 1.14. The highest BCUT2D eigenvalue weighted by molar-refractivity contribution is 6.07. The lowest BCUT2D eigenvalue weighted by molar-refractivity contribution is -0.00524. The van der Waals surface area contributed by atoms with Gasteiger partial charge >= 0.3 is 0 Å². The molecular formula is C32H37N. The molecule has 8 bridgehead atoms. The van der Waals surface area contributed by atoms with Crippen LogP contribution in [0.25, 0.3) is 21.8 Å². The highest BCUT2D eigenvalue weighted by Crippen LogP contribution is 2.62.